The number of carbonyl (C=O) groups is 1. The van der Waals surface area contributed by atoms with Crippen LogP contribution in [-0.4, -0.2) is 21.7 Å². The van der Waals surface area contributed by atoms with Crippen molar-refractivity contribution in [2.45, 2.75) is 72.0 Å². The third kappa shape index (κ3) is 4.86. The Kier molecular flexibility index (Phi) is 6.42. The molecule has 0 saturated carbocycles. The molecular weight excluding hydrogens is 281 g/mol. The molecule has 0 spiro atoms. The minimum Gasteiger partial charge on any atom is -0.284 e. The van der Waals surface area contributed by atoms with Crippen LogP contribution >= 0.6 is 0 Å². The summed E-state index contributed by atoms with van der Waals surface area (Å²) in [5.74, 6) is -1.80. The predicted octanol–water partition coefficient (Wildman–Crippen LogP) is 4.61. The van der Waals surface area contributed by atoms with Crippen LogP contribution in [0.15, 0.2) is 0 Å². The Morgan fingerprint density at radius 3 is 2.24 bits per heavy atom. The lowest BCUT2D eigenvalue weighted by molar-refractivity contribution is -0.0886. The molecule has 1 heterocycles. The number of ketones is 1. The number of unbranched alkanes of at least 4 members (excludes halogenated alkanes) is 5. The van der Waals surface area contributed by atoms with Crippen molar-refractivity contribution < 1.29 is 18.0 Å². The molecule has 0 bridgehead atoms. The Morgan fingerprint density at radius 1 is 1.10 bits per heavy atom. The molecule has 0 aliphatic heterocycles. The summed E-state index contributed by atoms with van der Waals surface area (Å²) in [5, 5.41) is 4.07. The van der Waals surface area contributed by atoms with Gasteiger partial charge in [-0.2, -0.15) is 18.3 Å². The Hall–Kier alpha value is -1.33. The van der Waals surface area contributed by atoms with E-state index in [-0.39, 0.29) is 11.3 Å². The third-order valence-electron chi connectivity index (χ3n) is 3.59. The summed E-state index contributed by atoms with van der Waals surface area (Å²) in [4.78, 5) is 11.4. The Morgan fingerprint density at radius 2 is 1.67 bits per heavy atom. The second kappa shape index (κ2) is 7.61. The molecule has 3 nitrogen and oxygen atoms in total. The van der Waals surface area contributed by atoms with Crippen LogP contribution in [0.4, 0.5) is 13.2 Å². The van der Waals surface area contributed by atoms with Crippen molar-refractivity contribution in [3.63, 3.8) is 0 Å². The van der Waals surface area contributed by atoms with Gasteiger partial charge in [0.15, 0.2) is 0 Å². The fourth-order valence-corrected chi connectivity index (χ4v) is 2.43. The first-order valence-electron chi connectivity index (χ1n) is 7.44. The number of hydrogen-bond donors (Lipinski definition) is 0. The fraction of sp³-hybridized carbons (Fsp3) is 0.733. The smallest absolute Gasteiger partial charge is 0.284 e. The summed E-state index contributed by atoms with van der Waals surface area (Å²) in [6.45, 7) is 5.68. The Bertz CT molecular complexity index is 478. The number of hydrogen-bond acceptors (Lipinski definition) is 2. The molecule has 120 valence electrons. The molecule has 0 atom stereocenters. The van der Waals surface area contributed by atoms with Crippen molar-refractivity contribution in [1.82, 2.24) is 9.78 Å². The molecule has 0 aliphatic rings. The highest BCUT2D eigenvalue weighted by molar-refractivity contribution is 6.02. The van der Waals surface area contributed by atoms with Crippen molar-refractivity contribution in [1.29, 1.82) is 0 Å². The summed E-state index contributed by atoms with van der Waals surface area (Å²) in [6.07, 6.45) is 1.76. The molecule has 0 radical (unpaired) electrons. The van der Waals surface area contributed by atoms with Crippen LogP contribution in [0.3, 0.4) is 0 Å². The van der Waals surface area contributed by atoms with E-state index >= 15 is 0 Å². The van der Waals surface area contributed by atoms with Gasteiger partial charge < -0.3 is 0 Å². The number of aryl methyl sites for hydroxylation is 2. The average Bonchev–Trinajstić information content (AvgIpc) is 2.67. The molecule has 0 fully saturated rings. The SMILES string of the molecule is CCCCCCCCn1nc(C)c(C(=O)C(F)(F)F)c1C. The Labute approximate surface area is 123 Å². The van der Waals surface area contributed by atoms with Crippen molar-refractivity contribution in [3.8, 4) is 0 Å². The number of rotatable bonds is 8. The molecule has 21 heavy (non-hydrogen) atoms. The second-order valence-corrected chi connectivity index (χ2v) is 5.36. The van der Waals surface area contributed by atoms with Crippen molar-refractivity contribution in [2.75, 3.05) is 0 Å². The molecule has 0 aromatic carbocycles. The summed E-state index contributed by atoms with van der Waals surface area (Å²) in [5.41, 5.74) is 0.165. The molecule has 1 aromatic heterocycles. The number of alkyl halides is 3. The van der Waals surface area contributed by atoms with E-state index in [0.29, 0.717) is 12.2 Å². The van der Waals surface area contributed by atoms with Crippen molar-refractivity contribution in [3.05, 3.63) is 17.0 Å². The second-order valence-electron chi connectivity index (χ2n) is 5.36. The molecule has 1 aromatic rings. The maximum Gasteiger partial charge on any atom is 0.455 e. The van der Waals surface area contributed by atoms with Gasteiger partial charge in [-0.25, -0.2) is 0 Å². The van der Waals surface area contributed by atoms with Gasteiger partial charge in [0.2, 0.25) is 0 Å². The van der Waals surface area contributed by atoms with Gasteiger partial charge in [-0.1, -0.05) is 39.0 Å². The van der Waals surface area contributed by atoms with Gasteiger partial charge in [-0.3, -0.25) is 9.48 Å². The molecule has 0 aliphatic carbocycles. The lowest BCUT2D eigenvalue weighted by atomic mass is 10.1. The third-order valence-corrected chi connectivity index (χ3v) is 3.59. The first-order valence-corrected chi connectivity index (χ1v) is 7.44. The zero-order valence-electron chi connectivity index (χ0n) is 12.9. The summed E-state index contributed by atoms with van der Waals surface area (Å²) in [7, 11) is 0. The number of nitrogens with zero attached hydrogens (tertiary/aromatic N) is 2. The van der Waals surface area contributed by atoms with Crippen LogP contribution in [0, 0.1) is 13.8 Å². The molecule has 0 amide bonds. The zero-order valence-corrected chi connectivity index (χ0v) is 12.9. The molecular formula is C15H23F3N2O. The quantitative estimate of drug-likeness (QED) is 0.519. The van der Waals surface area contributed by atoms with E-state index in [2.05, 4.69) is 12.0 Å². The van der Waals surface area contributed by atoms with Crippen LogP contribution in [0.1, 0.15) is 67.2 Å². The number of aromatic nitrogens is 2. The maximum atomic E-state index is 12.5. The van der Waals surface area contributed by atoms with Crippen LogP contribution in [0.2, 0.25) is 0 Å². The normalized spacial score (nSPS) is 11.9. The fourth-order valence-electron chi connectivity index (χ4n) is 2.43. The number of carbonyl (C=O) groups excluding carboxylic acids is 1. The lowest BCUT2D eigenvalue weighted by Gasteiger charge is -2.07. The van der Waals surface area contributed by atoms with E-state index in [1.807, 2.05) is 0 Å². The summed E-state index contributed by atoms with van der Waals surface area (Å²) in [6, 6.07) is 0. The van der Waals surface area contributed by atoms with E-state index in [1.54, 1.807) is 0 Å². The van der Waals surface area contributed by atoms with Gasteiger partial charge in [0.1, 0.15) is 0 Å². The van der Waals surface area contributed by atoms with Gasteiger partial charge in [-0.05, 0) is 20.3 Å². The van der Waals surface area contributed by atoms with Crippen molar-refractivity contribution in [2.24, 2.45) is 0 Å². The van der Waals surface area contributed by atoms with Gasteiger partial charge in [0, 0.05) is 12.2 Å². The van der Waals surface area contributed by atoms with E-state index < -0.39 is 12.0 Å². The molecule has 6 heteroatoms. The minimum absolute atomic E-state index is 0.154. The summed E-state index contributed by atoms with van der Waals surface area (Å²) >= 11 is 0. The molecule has 1 rings (SSSR count). The van der Waals surface area contributed by atoms with Crippen LogP contribution in [-0.2, 0) is 6.54 Å². The van der Waals surface area contributed by atoms with Gasteiger partial charge in [0.05, 0.1) is 11.3 Å². The van der Waals surface area contributed by atoms with Gasteiger partial charge >= 0.3 is 6.18 Å². The zero-order chi connectivity index (χ0) is 16.0. The monoisotopic (exact) mass is 304 g/mol. The van der Waals surface area contributed by atoms with Crippen molar-refractivity contribution >= 4 is 5.78 Å². The van der Waals surface area contributed by atoms with Gasteiger partial charge in [0.25, 0.3) is 5.78 Å². The lowest BCUT2D eigenvalue weighted by Crippen LogP contribution is -2.24. The van der Waals surface area contributed by atoms with Crippen LogP contribution < -0.4 is 0 Å². The predicted molar refractivity (Wildman–Crippen MR) is 75.5 cm³/mol. The van der Waals surface area contributed by atoms with Crippen LogP contribution in [0.5, 0.6) is 0 Å². The Balaban J connectivity index is 2.64. The largest absolute Gasteiger partial charge is 0.455 e. The topological polar surface area (TPSA) is 34.9 Å². The first kappa shape index (κ1) is 17.7. The molecule has 0 saturated heterocycles. The first-order chi connectivity index (χ1) is 9.79. The highest BCUT2D eigenvalue weighted by Crippen LogP contribution is 2.25. The van der Waals surface area contributed by atoms with Crippen LogP contribution in [0.25, 0.3) is 0 Å². The van der Waals surface area contributed by atoms with E-state index in [1.165, 1.54) is 37.8 Å². The van der Waals surface area contributed by atoms with E-state index in [9.17, 15) is 18.0 Å². The average molecular weight is 304 g/mol. The summed E-state index contributed by atoms with van der Waals surface area (Å²) < 4.78 is 39.1. The van der Waals surface area contributed by atoms with E-state index in [0.717, 1.165) is 19.3 Å². The minimum atomic E-state index is -4.84. The van der Waals surface area contributed by atoms with E-state index in [4.69, 9.17) is 0 Å². The standard InChI is InChI=1S/C15H23F3N2O/c1-4-5-6-7-8-9-10-20-12(3)13(11(2)19-20)14(21)15(16,17)18/h4-10H2,1-3H3. The number of halogens is 3. The molecule has 0 unspecified atom stereocenters. The highest BCUT2D eigenvalue weighted by atomic mass is 19.4. The molecule has 0 N–H and O–H groups in total. The maximum absolute atomic E-state index is 12.5. The van der Waals surface area contributed by atoms with Gasteiger partial charge in [-0.15, -0.1) is 0 Å². The highest BCUT2D eigenvalue weighted by Gasteiger charge is 2.42. The number of Topliss-reactive ketones (excluding diaryl/α,β-unsaturated/α-hetero) is 1.